The van der Waals surface area contributed by atoms with Crippen molar-refractivity contribution in [2.24, 2.45) is 0 Å². The number of rotatable bonds is 3. The zero-order chi connectivity index (χ0) is 13.1. The number of phenols is 1. The van der Waals surface area contributed by atoms with E-state index in [1.165, 1.54) is 24.3 Å². The summed E-state index contributed by atoms with van der Waals surface area (Å²) in [4.78, 5) is 0. The first kappa shape index (κ1) is 13.1. The van der Waals surface area contributed by atoms with Crippen molar-refractivity contribution in [2.45, 2.75) is 6.54 Å². The molecule has 5 heteroatoms. The number of benzene rings is 2. The van der Waals surface area contributed by atoms with E-state index in [0.717, 1.165) is 9.26 Å². The van der Waals surface area contributed by atoms with E-state index in [4.69, 9.17) is 0 Å². The first-order chi connectivity index (χ1) is 8.58. The Balaban J connectivity index is 2.14. The van der Waals surface area contributed by atoms with Gasteiger partial charge < -0.3 is 10.4 Å². The number of hydrogen-bond donors (Lipinski definition) is 2. The maximum absolute atomic E-state index is 13.1. The summed E-state index contributed by atoms with van der Waals surface area (Å²) in [6.07, 6.45) is 0. The second-order valence-electron chi connectivity index (χ2n) is 3.73. The van der Waals surface area contributed by atoms with E-state index < -0.39 is 5.82 Å². The Kier molecular flexibility index (Phi) is 4.00. The molecule has 0 saturated carbocycles. The fourth-order valence-electron chi connectivity index (χ4n) is 1.53. The van der Waals surface area contributed by atoms with Crippen LogP contribution in [0.4, 0.5) is 14.5 Å². The van der Waals surface area contributed by atoms with Crippen LogP contribution in [0.5, 0.6) is 5.75 Å². The Labute approximate surface area is 117 Å². The van der Waals surface area contributed by atoms with E-state index in [-0.39, 0.29) is 18.1 Å². The number of halogens is 3. The molecule has 0 aliphatic carbocycles. The number of nitrogens with one attached hydrogen (secondary N) is 1. The van der Waals surface area contributed by atoms with Gasteiger partial charge in [-0.15, -0.1) is 0 Å². The molecule has 0 saturated heterocycles. The molecule has 0 spiro atoms. The zero-order valence-corrected chi connectivity index (χ0v) is 11.4. The zero-order valence-electron chi connectivity index (χ0n) is 9.25. The van der Waals surface area contributed by atoms with Gasteiger partial charge in [-0.05, 0) is 46.9 Å². The third-order valence-corrected chi connectivity index (χ3v) is 3.36. The van der Waals surface area contributed by atoms with Crippen molar-refractivity contribution in [1.29, 1.82) is 0 Å². The molecule has 0 aliphatic heterocycles. The Bertz CT molecular complexity index is 575. The minimum absolute atomic E-state index is 0.269. The summed E-state index contributed by atoms with van der Waals surface area (Å²) < 4.78 is 26.7. The summed E-state index contributed by atoms with van der Waals surface area (Å²) in [5.74, 6) is -1.32. The molecule has 94 valence electrons. The summed E-state index contributed by atoms with van der Waals surface area (Å²) >= 11 is 2.01. The highest BCUT2D eigenvalue weighted by molar-refractivity contribution is 14.1. The first-order valence-electron chi connectivity index (χ1n) is 5.23. The second-order valence-corrected chi connectivity index (χ2v) is 4.89. The highest BCUT2D eigenvalue weighted by Crippen LogP contribution is 2.24. The van der Waals surface area contributed by atoms with Crippen LogP contribution in [0.15, 0.2) is 36.4 Å². The van der Waals surface area contributed by atoms with E-state index in [0.29, 0.717) is 5.56 Å². The highest BCUT2D eigenvalue weighted by atomic mass is 127. The molecule has 0 aromatic heterocycles. The first-order valence-corrected chi connectivity index (χ1v) is 6.31. The molecule has 2 N–H and O–H groups in total. The van der Waals surface area contributed by atoms with Crippen molar-refractivity contribution in [3.05, 3.63) is 57.2 Å². The van der Waals surface area contributed by atoms with Gasteiger partial charge in [0, 0.05) is 21.4 Å². The van der Waals surface area contributed by atoms with E-state index in [1.54, 1.807) is 12.1 Å². The molecular weight excluding hydrogens is 351 g/mol. The van der Waals surface area contributed by atoms with E-state index in [9.17, 15) is 13.9 Å². The van der Waals surface area contributed by atoms with Crippen LogP contribution >= 0.6 is 22.6 Å². The predicted molar refractivity (Wildman–Crippen MR) is 74.5 cm³/mol. The average Bonchev–Trinajstić information content (AvgIpc) is 2.33. The monoisotopic (exact) mass is 361 g/mol. The van der Waals surface area contributed by atoms with Crippen LogP contribution in [0.1, 0.15) is 5.56 Å². The summed E-state index contributed by atoms with van der Waals surface area (Å²) in [5, 5.41) is 12.5. The molecule has 0 amide bonds. The molecule has 18 heavy (non-hydrogen) atoms. The van der Waals surface area contributed by atoms with Gasteiger partial charge in [0.15, 0.2) is 11.6 Å². The van der Waals surface area contributed by atoms with Crippen LogP contribution in [0.3, 0.4) is 0 Å². The van der Waals surface area contributed by atoms with E-state index in [2.05, 4.69) is 5.32 Å². The topological polar surface area (TPSA) is 32.3 Å². The summed E-state index contributed by atoms with van der Waals surface area (Å²) in [5.41, 5.74) is 1.19. The molecular formula is C13H10F2INO. The molecule has 0 bridgehead atoms. The highest BCUT2D eigenvalue weighted by Gasteiger charge is 2.07. The van der Waals surface area contributed by atoms with Crippen LogP contribution in [-0.2, 0) is 6.54 Å². The van der Waals surface area contributed by atoms with Gasteiger partial charge in [-0.25, -0.2) is 8.78 Å². The number of phenolic OH excluding ortho intramolecular Hbond substituents is 1. The molecule has 2 rings (SSSR count). The van der Waals surface area contributed by atoms with Crippen molar-refractivity contribution >= 4 is 28.3 Å². The molecule has 2 nitrogen and oxygen atoms in total. The number of aromatic hydroxyl groups is 1. The predicted octanol–water partition coefficient (Wildman–Crippen LogP) is 3.89. The fourth-order valence-corrected chi connectivity index (χ4v) is 2.19. The number of anilines is 1. The Morgan fingerprint density at radius 1 is 1.17 bits per heavy atom. The van der Waals surface area contributed by atoms with Crippen LogP contribution in [0.2, 0.25) is 0 Å². The minimum atomic E-state index is -0.650. The van der Waals surface area contributed by atoms with Crippen LogP contribution in [0, 0.1) is 15.2 Å². The van der Waals surface area contributed by atoms with Gasteiger partial charge in [0.05, 0.1) is 0 Å². The van der Waals surface area contributed by atoms with Crippen molar-refractivity contribution in [1.82, 2.24) is 0 Å². The summed E-state index contributed by atoms with van der Waals surface area (Å²) in [7, 11) is 0. The van der Waals surface area contributed by atoms with Gasteiger partial charge >= 0.3 is 0 Å². The molecule has 0 fully saturated rings. The van der Waals surface area contributed by atoms with Gasteiger partial charge in [-0.3, -0.25) is 0 Å². The number of para-hydroxylation sites is 1. The maximum atomic E-state index is 13.1. The molecule has 0 heterocycles. The third kappa shape index (κ3) is 2.90. The normalized spacial score (nSPS) is 10.4. The second kappa shape index (κ2) is 5.51. The lowest BCUT2D eigenvalue weighted by molar-refractivity contribution is 0.427. The van der Waals surface area contributed by atoms with Gasteiger partial charge in [-0.2, -0.15) is 0 Å². The molecule has 0 unspecified atom stereocenters. The van der Waals surface area contributed by atoms with Crippen molar-refractivity contribution in [3.8, 4) is 5.75 Å². The minimum Gasteiger partial charge on any atom is -0.505 e. The van der Waals surface area contributed by atoms with E-state index >= 15 is 0 Å². The lowest BCUT2D eigenvalue weighted by Crippen LogP contribution is -2.02. The lowest BCUT2D eigenvalue weighted by atomic mass is 10.2. The van der Waals surface area contributed by atoms with Crippen LogP contribution < -0.4 is 5.32 Å². The van der Waals surface area contributed by atoms with Crippen LogP contribution in [-0.4, -0.2) is 5.11 Å². The van der Waals surface area contributed by atoms with Gasteiger partial charge in [0.25, 0.3) is 0 Å². The third-order valence-electron chi connectivity index (χ3n) is 2.47. The Morgan fingerprint density at radius 2 is 1.94 bits per heavy atom. The quantitative estimate of drug-likeness (QED) is 0.814. The maximum Gasteiger partial charge on any atom is 0.165 e. The molecule has 2 aromatic carbocycles. The SMILES string of the molecule is Oc1c(F)cccc1CNc1ccc(F)cc1I. The Hall–Kier alpha value is -1.37. The van der Waals surface area contributed by atoms with Gasteiger partial charge in [0.1, 0.15) is 5.82 Å². The smallest absolute Gasteiger partial charge is 0.165 e. The average molecular weight is 361 g/mol. The largest absolute Gasteiger partial charge is 0.505 e. The summed E-state index contributed by atoms with van der Waals surface area (Å²) in [6, 6.07) is 8.70. The van der Waals surface area contributed by atoms with Crippen molar-refractivity contribution in [3.63, 3.8) is 0 Å². The standard InChI is InChI=1S/C13H10F2INO/c14-9-4-5-12(11(16)6-9)17-7-8-2-1-3-10(15)13(8)18/h1-6,17-18H,7H2. The van der Waals surface area contributed by atoms with Gasteiger partial charge in [-0.1, -0.05) is 12.1 Å². The lowest BCUT2D eigenvalue weighted by Gasteiger charge is -2.10. The van der Waals surface area contributed by atoms with Crippen molar-refractivity contribution in [2.75, 3.05) is 5.32 Å². The van der Waals surface area contributed by atoms with Gasteiger partial charge in [0.2, 0.25) is 0 Å². The van der Waals surface area contributed by atoms with Crippen molar-refractivity contribution < 1.29 is 13.9 Å². The number of hydrogen-bond acceptors (Lipinski definition) is 2. The Morgan fingerprint density at radius 3 is 2.67 bits per heavy atom. The molecule has 0 atom stereocenters. The molecule has 2 aromatic rings. The van der Waals surface area contributed by atoms with Crippen LogP contribution in [0.25, 0.3) is 0 Å². The molecule has 0 aliphatic rings. The summed E-state index contributed by atoms with van der Waals surface area (Å²) in [6.45, 7) is 0.269. The fraction of sp³-hybridized carbons (Fsp3) is 0.0769. The molecule has 0 radical (unpaired) electrons. The van der Waals surface area contributed by atoms with E-state index in [1.807, 2.05) is 22.6 Å².